The number of aliphatic hydroxyl groups excluding tert-OH is 1. The van der Waals surface area contributed by atoms with Crippen LogP contribution in [-0.2, 0) is 4.74 Å². The molecule has 1 aromatic heterocycles. The number of hydrogen-bond acceptors (Lipinski definition) is 6. The number of ether oxygens (including phenoxy) is 1. The SMILES string of the molecule is CCC(c1nc(C2CN(C)CCO2)no1)C(C)O. The normalized spacial score (nSPS) is 25.0. The predicted octanol–water partition coefficient (Wildman–Crippen LogP) is 0.947. The number of morpholine rings is 1. The monoisotopic (exact) mass is 255 g/mol. The van der Waals surface area contributed by atoms with E-state index in [0.717, 1.165) is 19.5 Å². The van der Waals surface area contributed by atoms with Crippen molar-refractivity contribution >= 4 is 0 Å². The number of nitrogens with zero attached hydrogens (tertiary/aromatic N) is 3. The molecule has 3 unspecified atom stereocenters. The van der Waals surface area contributed by atoms with Gasteiger partial charge in [-0.25, -0.2) is 0 Å². The van der Waals surface area contributed by atoms with Crippen LogP contribution in [0.1, 0.15) is 44.0 Å². The molecule has 1 N–H and O–H groups in total. The molecule has 2 rings (SSSR count). The zero-order valence-electron chi connectivity index (χ0n) is 11.2. The van der Waals surface area contributed by atoms with Crippen LogP contribution in [0.4, 0.5) is 0 Å². The molecule has 2 heterocycles. The molecule has 6 heteroatoms. The van der Waals surface area contributed by atoms with Crippen molar-refractivity contribution in [3.8, 4) is 0 Å². The Hall–Kier alpha value is -0.980. The quantitative estimate of drug-likeness (QED) is 0.863. The van der Waals surface area contributed by atoms with Crippen LogP contribution in [0.25, 0.3) is 0 Å². The predicted molar refractivity (Wildman–Crippen MR) is 65.2 cm³/mol. The molecule has 18 heavy (non-hydrogen) atoms. The summed E-state index contributed by atoms with van der Waals surface area (Å²) < 4.78 is 10.9. The van der Waals surface area contributed by atoms with Crippen LogP contribution in [0.3, 0.4) is 0 Å². The first kappa shape index (κ1) is 13.5. The lowest BCUT2D eigenvalue weighted by Crippen LogP contribution is -2.35. The van der Waals surface area contributed by atoms with E-state index in [1.807, 2.05) is 14.0 Å². The van der Waals surface area contributed by atoms with E-state index in [1.54, 1.807) is 6.92 Å². The third-order valence-electron chi connectivity index (χ3n) is 3.35. The molecule has 6 nitrogen and oxygen atoms in total. The van der Waals surface area contributed by atoms with Gasteiger partial charge in [-0.05, 0) is 20.4 Å². The summed E-state index contributed by atoms with van der Waals surface area (Å²) in [5.74, 6) is 0.975. The summed E-state index contributed by atoms with van der Waals surface area (Å²) in [5.41, 5.74) is 0. The molecule has 0 radical (unpaired) electrons. The van der Waals surface area contributed by atoms with E-state index >= 15 is 0 Å². The van der Waals surface area contributed by atoms with E-state index in [1.165, 1.54) is 0 Å². The van der Waals surface area contributed by atoms with Gasteiger partial charge >= 0.3 is 0 Å². The Bertz CT molecular complexity index is 380. The summed E-state index contributed by atoms with van der Waals surface area (Å²) in [6, 6.07) is 0. The van der Waals surface area contributed by atoms with Gasteiger partial charge in [0.05, 0.1) is 18.6 Å². The second kappa shape index (κ2) is 5.77. The molecule has 0 aromatic carbocycles. The first-order valence-corrected chi connectivity index (χ1v) is 6.43. The summed E-state index contributed by atoms with van der Waals surface area (Å²) in [4.78, 5) is 6.55. The number of rotatable bonds is 4. The van der Waals surface area contributed by atoms with Crippen molar-refractivity contribution in [1.82, 2.24) is 15.0 Å². The largest absolute Gasteiger partial charge is 0.393 e. The van der Waals surface area contributed by atoms with Crippen molar-refractivity contribution in [3.05, 3.63) is 11.7 Å². The highest BCUT2D eigenvalue weighted by Crippen LogP contribution is 2.25. The Morgan fingerprint density at radius 3 is 2.94 bits per heavy atom. The Labute approximate surface area is 107 Å². The van der Waals surface area contributed by atoms with E-state index in [9.17, 15) is 5.11 Å². The van der Waals surface area contributed by atoms with Crippen LogP contribution in [0.15, 0.2) is 4.52 Å². The standard InChI is InChI=1S/C12H21N3O3/c1-4-9(8(2)16)12-13-11(14-18-12)10-7-15(3)5-6-17-10/h8-10,16H,4-7H2,1-3H3. The molecular weight excluding hydrogens is 234 g/mol. The molecule has 1 saturated heterocycles. The van der Waals surface area contributed by atoms with Crippen LogP contribution in [0, 0.1) is 0 Å². The zero-order valence-corrected chi connectivity index (χ0v) is 11.2. The third-order valence-corrected chi connectivity index (χ3v) is 3.35. The van der Waals surface area contributed by atoms with E-state index in [2.05, 4.69) is 15.0 Å². The molecule has 1 fully saturated rings. The van der Waals surface area contributed by atoms with Crippen molar-refractivity contribution in [2.75, 3.05) is 26.7 Å². The minimum atomic E-state index is -0.488. The summed E-state index contributed by atoms with van der Waals surface area (Å²) in [6.07, 6.45) is 0.149. The molecule has 1 aliphatic heterocycles. The maximum atomic E-state index is 9.66. The van der Waals surface area contributed by atoms with Gasteiger partial charge in [0.1, 0.15) is 6.10 Å². The molecular formula is C12H21N3O3. The summed E-state index contributed by atoms with van der Waals surface area (Å²) >= 11 is 0. The Morgan fingerprint density at radius 1 is 1.56 bits per heavy atom. The van der Waals surface area contributed by atoms with Crippen molar-refractivity contribution in [3.63, 3.8) is 0 Å². The second-order valence-corrected chi connectivity index (χ2v) is 4.87. The van der Waals surface area contributed by atoms with Crippen LogP contribution < -0.4 is 0 Å². The van der Waals surface area contributed by atoms with Crippen LogP contribution in [0.5, 0.6) is 0 Å². The Morgan fingerprint density at radius 2 is 2.33 bits per heavy atom. The first-order valence-electron chi connectivity index (χ1n) is 6.43. The molecule has 102 valence electrons. The van der Waals surface area contributed by atoms with Crippen molar-refractivity contribution in [1.29, 1.82) is 0 Å². The fourth-order valence-corrected chi connectivity index (χ4v) is 2.18. The van der Waals surface area contributed by atoms with Gasteiger partial charge in [0.15, 0.2) is 0 Å². The van der Waals surface area contributed by atoms with E-state index in [0.29, 0.717) is 18.3 Å². The number of aromatic nitrogens is 2. The molecule has 0 aliphatic carbocycles. The smallest absolute Gasteiger partial charge is 0.232 e. The lowest BCUT2D eigenvalue weighted by Gasteiger charge is -2.27. The highest BCUT2D eigenvalue weighted by Gasteiger charge is 2.27. The maximum Gasteiger partial charge on any atom is 0.232 e. The second-order valence-electron chi connectivity index (χ2n) is 4.87. The molecule has 3 atom stereocenters. The Kier molecular flexibility index (Phi) is 4.31. The minimum absolute atomic E-state index is 0.104. The summed E-state index contributed by atoms with van der Waals surface area (Å²) in [6.45, 7) is 6.10. The zero-order chi connectivity index (χ0) is 13.1. The lowest BCUT2D eigenvalue weighted by molar-refractivity contribution is -0.0264. The third kappa shape index (κ3) is 2.88. The van der Waals surface area contributed by atoms with Gasteiger partial charge in [0.2, 0.25) is 11.7 Å². The molecule has 1 aliphatic rings. The van der Waals surface area contributed by atoms with Crippen molar-refractivity contribution in [2.45, 2.75) is 38.4 Å². The summed E-state index contributed by atoms with van der Waals surface area (Å²) in [7, 11) is 2.04. The van der Waals surface area contributed by atoms with Crippen molar-refractivity contribution in [2.24, 2.45) is 0 Å². The molecule has 0 spiro atoms. The molecule has 0 saturated carbocycles. The number of likely N-dealkylation sites (N-methyl/N-ethyl adjacent to an activating group) is 1. The Balaban J connectivity index is 2.09. The van der Waals surface area contributed by atoms with Gasteiger partial charge in [-0.1, -0.05) is 12.1 Å². The minimum Gasteiger partial charge on any atom is -0.393 e. The van der Waals surface area contributed by atoms with Crippen LogP contribution >= 0.6 is 0 Å². The number of hydrogen-bond donors (Lipinski definition) is 1. The van der Waals surface area contributed by atoms with Gasteiger partial charge in [-0.15, -0.1) is 0 Å². The summed E-state index contributed by atoms with van der Waals surface area (Å²) in [5, 5.41) is 13.6. The van der Waals surface area contributed by atoms with Crippen molar-refractivity contribution < 1.29 is 14.4 Å². The van der Waals surface area contributed by atoms with Gasteiger partial charge in [0, 0.05) is 13.1 Å². The van der Waals surface area contributed by atoms with Gasteiger partial charge in [0.25, 0.3) is 0 Å². The molecule has 1 aromatic rings. The maximum absolute atomic E-state index is 9.66. The van der Waals surface area contributed by atoms with E-state index in [4.69, 9.17) is 9.26 Å². The average Bonchev–Trinajstić information content (AvgIpc) is 2.79. The topological polar surface area (TPSA) is 71.6 Å². The van der Waals surface area contributed by atoms with Gasteiger partial charge < -0.3 is 19.3 Å². The van der Waals surface area contributed by atoms with Crippen LogP contribution in [0.2, 0.25) is 0 Å². The van der Waals surface area contributed by atoms with E-state index < -0.39 is 6.10 Å². The van der Waals surface area contributed by atoms with E-state index in [-0.39, 0.29) is 12.0 Å². The molecule has 0 bridgehead atoms. The fourth-order valence-electron chi connectivity index (χ4n) is 2.18. The lowest BCUT2D eigenvalue weighted by atomic mass is 10.0. The number of aliphatic hydroxyl groups is 1. The van der Waals surface area contributed by atoms with Gasteiger partial charge in [-0.2, -0.15) is 4.98 Å². The fraction of sp³-hybridized carbons (Fsp3) is 0.833. The van der Waals surface area contributed by atoms with Gasteiger partial charge in [-0.3, -0.25) is 0 Å². The highest BCUT2D eigenvalue weighted by atomic mass is 16.5. The highest BCUT2D eigenvalue weighted by molar-refractivity contribution is 4.99. The average molecular weight is 255 g/mol. The van der Waals surface area contributed by atoms with Crippen LogP contribution in [-0.4, -0.2) is 53.0 Å². The molecule has 0 amide bonds. The first-order chi connectivity index (χ1) is 8.61.